The van der Waals surface area contributed by atoms with Gasteiger partial charge in [-0.15, -0.1) is 0 Å². The fraction of sp³-hybridized carbons (Fsp3) is 0.562. The molecule has 5 heteroatoms. The summed E-state index contributed by atoms with van der Waals surface area (Å²) in [6.45, 7) is 8.01. The highest BCUT2D eigenvalue weighted by molar-refractivity contribution is 6.34. The predicted octanol–water partition coefficient (Wildman–Crippen LogP) is 3.99. The zero-order valence-corrected chi connectivity index (χ0v) is 13.7. The monoisotopic (exact) mass is 310 g/mol. The molecule has 0 radical (unpaired) electrons. The second-order valence-electron chi connectivity index (χ2n) is 5.53. The molecule has 4 nitrogen and oxygen atoms in total. The van der Waals surface area contributed by atoms with E-state index < -0.39 is 0 Å². The zero-order chi connectivity index (χ0) is 15.4. The zero-order valence-electron chi connectivity index (χ0n) is 12.9. The molecular formula is C16H23ClN2O2. The summed E-state index contributed by atoms with van der Waals surface area (Å²) < 4.78 is 5.63. The van der Waals surface area contributed by atoms with Crippen molar-refractivity contribution in [3.63, 3.8) is 0 Å². The average molecular weight is 311 g/mol. The number of anilines is 1. The number of urea groups is 1. The summed E-state index contributed by atoms with van der Waals surface area (Å²) in [6.07, 6.45) is 2.13. The third kappa shape index (κ3) is 4.11. The van der Waals surface area contributed by atoms with Crippen molar-refractivity contribution < 1.29 is 9.53 Å². The second kappa shape index (κ2) is 7.14. The topological polar surface area (TPSA) is 41.6 Å². The summed E-state index contributed by atoms with van der Waals surface area (Å²) in [5.41, 5.74) is 2.77. The van der Waals surface area contributed by atoms with Gasteiger partial charge >= 0.3 is 6.03 Å². The minimum absolute atomic E-state index is 0.103. The number of rotatable bonds is 3. The number of carbonyl (C=O) groups excluding carboxylic acids is 1. The van der Waals surface area contributed by atoms with Crippen molar-refractivity contribution in [2.24, 2.45) is 0 Å². The van der Waals surface area contributed by atoms with Gasteiger partial charge in [0.15, 0.2) is 0 Å². The molecule has 0 aliphatic carbocycles. The van der Waals surface area contributed by atoms with E-state index in [0.29, 0.717) is 23.9 Å². The Hall–Kier alpha value is -1.26. The molecule has 1 unspecified atom stereocenters. The molecule has 1 aromatic rings. The smallest absolute Gasteiger partial charge is 0.321 e. The lowest BCUT2D eigenvalue weighted by molar-refractivity contribution is 0.0181. The highest BCUT2D eigenvalue weighted by atomic mass is 35.5. The maximum atomic E-state index is 12.4. The normalized spacial score (nSPS) is 18.7. The SMILES string of the molecule is CCOC1CCCN(C(=O)Nc2c(C)cc(C)cc2Cl)C1. The van der Waals surface area contributed by atoms with Crippen molar-refractivity contribution in [1.29, 1.82) is 0 Å². The van der Waals surface area contributed by atoms with Crippen LogP contribution in [0.3, 0.4) is 0 Å². The first-order chi connectivity index (χ1) is 10.0. The summed E-state index contributed by atoms with van der Waals surface area (Å²) in [5, 5.41) is 3.52. The molecule has 1 aromatic carbocycles. The maximum absolute atomic E-state index is 12.4. The Morgan fingerprint density at radius 2 is 2.24 bits per heavy atom. The number of halogens is 1. The van der Waals surface area contributed by atoms with Gasteiger partial charge in [-0.05, 0) is 50.8 Å². The van der Waals surface area contributed by atoms with E-state index in [1.807, 2.05) is 32.9 Å². The molecular weight excluding hydrogens is 288 g/mol. The Balaban J connectivity index is 2.04. The second-order valence-corrected chi connectivity index (χ2v) is 5.94. The summed E-state index contributed by atoms with van der Waals surface area (Å²) in [4.78, 5) is 14.2. The van der Waals surface area contributed by atoms with Gasteiger partial charge in [-0.1, -0.05) is 17.7 Å². The molecule has 1 N–H and O–H groups in total. The molecule has 2 amide bonds. The maximum Gasteiger partial charge on any atom is 0.321 e. The molecule has 2 rings (SSSR count). The molecule has 1 aliphatic rings. The Morgan fingerprint density at radius 3 is 2.90 bits per heavy atom. The molecule has 0 aromatic heterocycles. The van der Waals surface area contributed by atoms with E-state index in [1.165, 1.54) is 0 Å². The van der Waals surface area contributed by atoms with E-state index in [9.17, 15) is 4.79 Å². The van der Waals surface area contributed by atoms with Crippen LogP contribution in [0.4, 0.5) is 10.5 Å². The van der Waals surface area contributed by atoms with Gasteiger partial charge in [0, 0.05) is 19.7 Å². The van der Waals surface area contributed by atoms with Crippen LogP contribution >= 0.6 is 11.6 Å². The van der Waals surface area contributed by atoms with Crippen molar-refractivity contribution >= 4 is 23.3 Å². The Kier molecular flexibility index (Phi) is 5.48. The molecule has 1 atom stereocenters. The fourth-order valence-electron chi connectivity index (χ4n) is 2.75. The van der Waals surface area contributed by atoms with E-state index in [2.05, 4.69) is 5.32 Å². The molecule has 21 heavy (non-hydrogen) atoms. The number of hydrogen-bond donors (Lipinski definition) is 1. The average Bonchev–Trinajstić information content (AvgIpc) is 2.43. The molecule has 1 saturated heterocycles. The minimum Gasteiger partial charge on any atom is -0.377 e. The predicted molar refractivity (Wildman–Crippen MR) is 86.2 cm³/mol. The number of hydrogen-bond acceptors (Lipinski definition) is 2. The van der Waals surface area contributed by atoms with Crippen LogP contribution in [0.1, 0.15) is 30.9 Å². The van der Waals surface area contributed by atoms with Crippen molar-refractivity contribution in [1.82, 2.24) is 4.90 Å². The number of piperidine rings is 1. The highest BCUT2D eigenvalue weighted by Crippen LogP contribution is 2.28. The number of amides is 2. The molecule has 1 fully saturated rings. The van der Waals surface area contributed by atoms with Crippen LogP contribution in [0.2, 0.25) is 5.02 Å². The number of aryl methyl sites for hydroxylation is 2. The third-order valence-corrected chi connectivity index (χ3v) is 4.03. The van der Waals surface area contributed by atoms with E-state index in [-0.39, 0.29) is 12.1 Å². The molecule has 0 saturated carbocycles. The molecule has 1 heterocycles. The number of nitrogens with zero attached hydrogens (tertiary/aromatic N) is 1. The van der Waals surface area contributed by atoms with Crippen molar-refractivity contribution in [3.05, 3.63) is 28.3 Å². The Morgan fingerprint density at radius 1 is 1.48 bits per heavy atom. The quantitative estimate of drug-likeness (QED) is 0.917. The van der Waals surface area contributed by atoms with E-state index in [4.69, 9.17) is 16.3 Å². The number of ether oxygens (including phenoxy) is 1. The molecule has 1 aliphatic heterocycles. The van der Waals surface area contributed by atoms with Gasteiger partial charge in [-0.25, -0.2) is 4.79 Å². The fourth-order valence-corrected chi connectivity index (χ4v) is 3.12. The lowest BCUT2D eigenvalue weighted by atomic mass is 10.1. The first-order valence-electron chi connectivity index (χ1n) is 7.45. The summed E-state index contributed by atoms with van der Waals surface area (Å²) in [6, 6.07) is 3.78. The molecule has 0 bridgehead atoms. The van der Waals surface area contributed by atoms with Crippen LogP contribution in [-0.4, -0.2) is 36.7 Å². The van der Waals surface area contributed by atoms with Crippen molar-refractivity contribution in [2.75, 3.05) is 25.0 Å². The first-order valence-corrected chi connectivity index (χ1v) is 7.83. The van der Waals surface area contributed by atoms with Gasteiger partial charge in [-0.3, -0.25) is 0 Å². The van der Waals surface area contributed by atoms with Crippen LogP contribution in [0.25, 0.3) is 0 Å². The number of benzene rings is 1. The van der Waals surface area contributed by atoms with E-state index in [0.717, 1.165) is 30.5 Å². The van der Waals surface area contributed by atoms with Crippen LogP contribution in [0.15, 0.2) is 12.1 Å². The molecule has 116 valence electrons. The lowest BCUT2D eigenvalue weighted by Crippen LogP contribution is -2.45. The Bertz CT molecular complexity index is 494. The summed E-state index contributed by atoms with van der Waals surface area (Å²) in [7, 11) is 0. The van der Waals surface area contributed by atoms with Gasteiger partial charge in [0.1, 0.15) is 0 Å². The number of likely N-dealkylation sites (tertiary alicyclic amines) is 1. The van der Waals surface area contributed by atoms with Gasteiger partial charge in [0.2, 0.25) is 0 Å². The lowest BCUT2D eigenvalue weighted by Gasteiger charge is -2.32. The highest BCUT2D eigenvalue weighted by Gasteiger charge is 2.24. The van der Waals surface area contributed by atoms with Crippen molar-refractivity contribution in [3.8, 4) is 0 Å². The van der Waals surface area contributed by atoms with Gasteiger partial charge in [-0.2, -0.15) is 0 Å². The van der Waals surface area contributed by atoms with Crippen LogP contribution in [0.5, 0.6) is 0 Å². The first kappa shape index (κ1) is 16.1. The summed E-state index contributed by atoms with van der Waals surface area (Å²) in [5.74, 6) is 0. The van der Waals surface area contributed by atoms with E-state index in [1.54, 1.807) is 4.90 Å². The van der Waals surface area contributed by atoms with Crippen LogP contribution < -0.4 is 5.32 Å². The number of carbonyl (C=O) groups is 1. The largest absolute Gasteiger partial charge is 0.377 e. The van der Waals surface area contributed by atoms with Crippen LogP contribution in [-0.2, 0) is 4.74 Å². The Labute approximate surface area is 131 Å². The van der Waals surface area contributed by atoms with Gasteiger partial charge in [0.05, 0.1) is 16.8 Å². The van der Waals surface area contributed by atoms with E-state index >= 15 is 0 Å². The van der Waals surface area contributed by atoms with Crippen molar-refractivity contribution in [2.45, 2.75) is 39.7 Å². The van der Waals surface area contributed by atoms with Gasteiger partial charge in [0.25, 0.3) is 0 Å². The van der Waals surface area contributed by atoms with Crippen LogP contribution in [0, 0.1) is 13.8 Å². The van der Waals surface area contributed by atoms with Gasteiger partial charge < -0.3 is 15.0 Å². The molecule has 0 spiro atoms. The third-order valence-electron chi connectivity index (χ3n) is 3.73. The standard InChI is InChI=1S/C16H23ClN2O2/c1-4-21-13-6-5-7-19(10-13)16(20)18-15-12(3)8-11(2)9-14(15)17/h8-9,13H,4-7,10H2,1-3H3,(H,18,20). The number of nitrogens with one attached hydrogen (secondary N) is 1. The summed E-state index contributed by atoms with van der Waals surface area (Å²) >= 11 is 6.24. The minimum atomic E-state index is -0.103.